The van der Waals surface area contributed by atoms with E-state index in [1.54, 1.807) is 11.9 Å². The van der Waals surface area contributed by atoms with E-state index in [0.717, 1.165) is 33.2 Å². The van der Waals surface area contributed by atoms with Gasteiger partial charge in [-0.05, 0) is 87.0 Å². The summed E-state index contributed by atoms with van der Waals surface area (Å²) in [6.07, 6.45) is 6.51. The third-order valence-corrected chi connectivity index (χ3v) is 7.65. The number of oxazole rings is 1. The highest BCUT2D eigenvalue weighted by Crippen LogP contribution is 2.22. The van der Waals surface area contributed by atoms with Crippen molar-refractivity contribution >= 4 is 30.1 Å². The van der Waals surface area contributed by atoms with E-state index in [4.69, 9.17) is 16.0 Å². The second-order valence-corrected chi connectivity index (χ2v) is 11.0. The van der Waals surface area contributed by atoms with Crippen LogP contribution < -0.4 is 5.32 Å². The van der Waals surface area contributed by atoms with Crippen LogP contribution in [-0.4, -0.2) is 46.9 Å². The minimum atomic E-state index is -0.113. The number of hydrogen-bond acceptors (Lipinski definition) is 6. The van der Waals surface area contributed by atoms with Gasteiger partial charge < -0.3 is 14.6 Å². The number of thiol groups is 1. The first-order chi connectivity index (χ1) is 17.8. The Labute approximate surface area is 230 Å². The van der Waals surface area contributed by atoms with Crippen LogP contribution in [0.4, 0.5) is 0 Å². The van der Waals surface area contributed by atoms with Gasteiger partial charge in [-0.15, -0.1) is 12.6 Å². The van der Waals surface area contributed by atoms with Gasteiger partial charge in [0.25, 0.3) is 5.91 Å². The molecule has 1 saturated carbocycles. The van der Waals surface area contributed by atoms with Gasteiger partial charge in [0.2, 0.25) is 5.89 Å². The molecule has 1 saturated heterocycles. The van der Waals surface area contributed by atoms with E-state index in [9.17, 15) is 4.79 Å². The van der Waals surface area contributed by atoms with Crippen molar-refractivity contribution < 1.29 is 9.21 Å². The Morgan fingerprint density at radius 1 is 1.14 bits per heavy atom. The zero-order valence-electron chi connectivity index (χ0n) is 22.0. The zero-order valence-corrected chi connectivity index (χ0v) is 23.6. The Balaban J connectivity index is 0.000000270. The summed E-state index contributed by atoms with van der Waals surface area (Å²) in [6.45, 7) is 8.54. The quantitative estimate of drug-likeness (QED) is 0.341. The monoisotopic (exact) mass is 540 g/mol. The number of likely N-dealkylation sites (tertiary alicyclic amines) is 1. The van der Waals surface area contributed by atoms with Crippen molar-refractivity contribution in [1.29, 1.82) is 0 Å². The molecule has 1 aromatic heterocycles. The molecule has 0 radical (unpaired) electrons. The molecule has 0 unspecified atom stereocenters. The molecule has 2 aliphatic rings. The first-order valence-electron chi connectivity index (χ1n) is 13.0. The molecule has 3 aromatic rings. The smallest absolute Gasteiger partial charge is 0.275 e. The van der Waals surface area contributed by atoms with Crippen molar-refractivity contribution in [1.82, 2.24) is 20.1 Å². The molecule has 6 nitrogen and oxygen atoms in total. The summed E-state index contributed by atoms with van der Waals surface area (Å²) in [7, 11) is 1.80. The summed E-state index contributed by atoms with van der Waals surface area (Å²) in [4.78, 5) is 22.1. The Morgan fingerprint density at radius 3 is 2.46 bits per heavy atom. The number of aromatic nitrogens is 1. The van der Waals surface area contributed by atoms with Crippen LogP contribution in [0.5, 0.6) is 0 Å². The van der Waals surface area contributed by atoms with Crippen LogP contribution in [-0.2, 0) is 19.6 Å². The number of halogens is 1. The topological polar surface area (TPSA) is 61.6 Å². The Hall–Kier alpha value is -2.32. The molecular formula is C29H37ClN4O2S. The Morgan fingerprint density at radius 2 is 1.81 bits per heavy atom. The van der Waals surface area contributed by atoms with E-state index in [1.165, 1.54) is 50.6 Å². The lowest BCUT2D eigenvalue weighted by atomic mass is 10.1. The maximum Gasteiger partial charge on any atom is 0.275 e. The molecule has 198 valence electrons. The number of hydrogen-bond donors (Lipinski definition) is 2. The number of rotatable bonds is 8. The normalized spacial score (nSPS) is 15.4. The lowest BCUT2D eigenvalue weighted by Crippen LogP contribution is -2.26. The molecule has 0 bridgehead atoms. The van der Waals surface area contributed by atoms with Crippen molar-refractivity contribution in [3.63, 3.8) is 0 Å². The van der Waals surface area contributed by atoms with Crippen molar-refractivity contribution in [3.05, 3.63) is 81.5 Å². The minimum absolute atomic E-state index is 0.113. The maximum absolute atomic E-state index is 12.6. The summed E-state index contributed by atoms with van der Waals surface area (Å²) in [5.41, 5.74) is 5.03. The molecule has 1 aliphatic heterocycles. The Kier molecular flexibility index (Phi) is 9.71. The minimum Gasteiger partial charge on any atom is -0.447 e. The fraction of sp³-hybridized carbons (Fsp3) is 0.448. The summed E-state index contributed by atoms with van der Waals surface area (Å²) in [5.74, 6) is 0.461. The van der Waals surface area contributed by atoms with E-state index < -0.39 is 0 Å². The second-order valence-electron chi connectivity index (χ2n) is 10.1. The van der Waals surface area contributed by atoms with E-state index in [-0.39, 0.29) is 5.91 Å². The highest BCUT2D eigenvalue weighted by molar-refractivity contribution is 7.80. The van der Waals surface area contributed by atoms with Crippen LogP contribution in [0.2, 0.25) is 5.02 Å². The number of amides is 1. The first kappa shape index (κ1) is 27.7. The van der Waals surface area contributed by atoms with Gasteiger partial charge in [0.1, 0.15) is 6.26 Å². The van der Waals surface area contributed by atoms with E-state index >= 15 is 0 Å². The molecule has 1 amide bonds. The zero-order chi connectivity index (χ0) is 26.4. The van der Waals surface area contributed by atoms with Gasteiger partial charge in [0.15, 0.2) is 5.69 Å². The fourth-order valence-corrected chi connectivity index (χ4v) is 4.74. The number of nitrogens with zero attached hydrogens (tertiary/aromatic N) is 3. The van der Waals surface area contributed by atoms with Crippen LogP contribution in [0.25, 0.3) is 0 Å². The number of benzene rings is 2. The van der Waals surface area contributed by atoms with Crippen molar-refractivity contribution in [2.45, 2.75) is 70.1 Å². The van der Waals surface area contributed by atoms with Gasteiger partial charge in [-0.2, -0.15) is 0 Å². The van der Waals surface area contributed by atoms with Gasteiger partial charge in [-0.3, -0.25) is 9.69 Å². The molecule has 8 heteroatoms. The van der Waals surface area contributed by atoms with E-state index in [2.05, 4.69) is 52.1 Å². The molecule has 2 aromatic carbocycles. The average molecular weight is 541 g/mol. The third-order valence-electron chi connectivity index (χ3n) is 6.76. The Bertz CT molecular complexity index is 1140. The van der Waals surface area contributed by atoms with Crippen LogP contribution in [0, 0.1) is 13.8 Å². The summed E-state index contributed by atoms with van der Waals surface area (Å²) in [5, 5.41) is 4.16. The van der Waals surface area contributed by atoms with Gasteiger partial charge >= 0.3 is 0 Å². The lowest BCUT2D eigenvalue weighted by molar-refractivity contribution is 0.0779. The van der Waals surface area contributed by atoms with Gasteiger partial charge in [-0.25, -0.2) is 4.98 Å². The maximum atomic E-state index is 12.6. The van der Waals surface area contributed by atoms with E-state index in [0.29, 0.717) is 30.7 Å². The van der Waals surface area contributed by atoms with Crippen molar-refractivity contribution in [2.24, 2.45) is 0 Å². The van der Waals surface area contributed by atoms with Gasteiger partial charge in [-0.1, -0.05) is 35.9 Å². The summed E-state index contributed by atoms with van der Waals surface area (Å²) in [6, 6.07) is 13.1. The van der Waals surface area contributed by atoms with Gasteiger partial charge in [0, 0.05) is 36.1 Å². The third kappa shape index (κ3) is 8.34. The molecule has 0 spiro atoms. The second kappa shape index (κ2) is 13.0. The number of aryl methyl sites for hydroxylation is 2. The molecular weight excluding hydrogens is 504 g/mol. The molecule has 2 fully saturated rings. The first-order valence-corrected chi connectivity index (χ1v) is 13.8. The van der Waals surface area contributed by atoms with Crippen LogP contribution in [0.15, 0.2) is 52.0 Å². The number of carbonyl (C=O) groups is 1. The molecule has 1 aliphatic carbocycles. The largest absolute Gasteiger partial charge is 0.447 e. The van der Waals surface area contributed by atoms with Crippen molar-refractivity contribution in [2.75, 3.05) is 20.1 Å². The van der Waals surface area contributed by atoms with Crippen molar-refractivity contribution in [3.8, 4) is 0 Å². The standard InChI is InChI=1S/C21H28N4O2.C8H9ClS/c1-24(21(26)19-15-27-20(23-19)12-22-18-8-9-18)13-16-4-6-17(7-5-16)14-25-10-2-3-11-25;1-5-4-8(10)6(2)3-7(5)9/h4-7,15,18,22H,2-3,8-14H2,1H3;3-4,10H,1-2H3. The number of carbonyl (C=O) groups excluding carboxylic acids is 1. The molecule has 5 rings (SSSR count). The number of nitrogens with one attached hydrogen (secondary N) is 1. The van der Waals surface area contributed by atoms with Crippen LogP contribution in [0.3, 0.4) is 0 Å². The van der Waals surface area contributed by atoms with E-state index in [1.807, 2.05) is 26.0 Å². The fourth-order valence-electron chi connectivity index (χ4n) is 4.27. The molecule has 0 atom stereocenters. The average Bonchev–Trinajstić information content (AvgIpc) is 3.34. The van der Waals surface area contributed by atoms with Gasteiger partial charge in [0.05, 0.1) is 6.54 Å². The predicted molar refractivity (Wildman–Crippen MR) is 151 cm³/mol. The highest BCUT2D eigenvalue weighted by atomic mass is 35.5. The molecule has 37 heavy (non-hydrogen) atoms. The molecule has 1 N–H and O–H groups in total. The predicted octanol–water partition coefficient (Wildman–Crippen LogP) is 6.04. The van der Waals surface area contributed by atoms with Crippen LogP contribution >= 0.6 is 24.2 Å². The SMILES string of the molecule is CN(Cc1ccc(CN2CCCC2)cc1)C(=O)c1coc(CNC2CC2)n1.Cc1cc(Cl)c(C)cc1S. The summed E-state index contributed by atoms with van der Waals surface area (Å²) < 4.78 is 5.42. The summed E-state index contributed by atoms with van der Waals surface area (Å²) >= 11 is 10.1. The van der Waals surface area contributed by atoms with Crippen LogP contribution in [0.1, 0.15) is 64.3 Å². The lowest BCUT2D eigenvalue weighted by Gasteiger charge is -2.17. The molecule has 2 heterocycles. The highest BCUT2D eigenvalue weighted by Gasteiger charge is 2.22.